The van der Waals surface area contributed by atoms with Crippen LogP contribution in [0.3, 0.4) is 0 Å². The summed E-state index contributed by atoms with van der Waals surface area (Å²) in [4.78, 5) is 20.9. The highest BCUT2D eigenvalue weighted by Gasteiger charge is 2.25. The highest BCUT2D eigenvalue weighted by atomic mass is 32.2. The van der Waals surface area contributed by atoms with Crippen LogP contribution in [-0.2, 0) is 11.3 Å². The topological polar surface area (TPSA) is 52.9 Å². The van der Waals surface area contributed by atoms with Crippen molar-refractivity contribution < 1.29 is 9.90 Å². The number of hydrogen-bond acceptors (Lipinski definition) is 4. The van der Waals surface area contributed by atoms with Gasteiger partial charge in [-0.05, 0) is 23.3 Å². The number of carboxylic acid groups (broad SMARTS) is 1. The lowest BCUT2D eigenvalue weighted by atomic mass is 10.0. The first kappa shape index (κ1) is 22.9. The van der Waals surface area contributed by atoms with Crippen molar-refractivity contribution in [3.05, 3.63) is 131 Å². The summed E-state index contributed by atoms with van der Waals surface area (Å²) in [7, 11) is 0. The first-order valence-electron chi connectivity index (χ1n) is 11.7. The molecular formula is C30H26N2O2S. The average molecular weight is 479 g/mol. The van der Waals surface area contributed by atoms with E-state index in [9.17, 15) is 9.90 Å². The molecule has 0 bridgehead atoms. The van der Waals surface area contributed by atoms with Gasteiger partial charge in [-0.1, -0.05) is 97.1 Å². The predicted molar refractivity (Wildman–Crippen MR) is 144 cm³/mol. The van der Waals surface area contributed by atoms with Crippen LogP contribution in [-0.4, -0.2) is 29.1 Å². The number of carboxylic acids is 1. The van der Waals surface area contributed by atoms with Crippen LogP contribution in [0.25, 0.3) is 0 Å². The zero-order chi connectivity index (χ0) is 24.0. The Balaban J connectivity index is 1.56. The Hall–Kier alpha value is -3.83. The van der Waals surface area contributed by atoms with Crippen molar-refractivity contribution in [2.45, 2.75) is 17.5 Å². The summed E-state index contributed by atoms with van der Waals surface area (Å²) >= 11 is 1.81. The van der Waals surface area contributed by atoms with Crippen LogP contribution in [0.1, 0.15) is 28.3 Å². The predicted octanol–water partition coefficient (Wildman–Crippen LogP) is 6.46. The maximum atomic E-state index is 12.5. The maximum absolute atomic E-state index is 12.5. The third-order valence-electron chi connectivity index (χ3n) is 6.06. The smallest absolute Gasteiger partial charge is 0.333 e. The van der Waals surface area contributed by atoms with Crippen LogP contribution < -0.4 is 4.90 Å². The number of aliphatic carboxylic acids is 1. The lowest BCUT2D eigenvalue weighted by Gasteiger charge is -2.31. The highest BCUT2D eigenvalue weighted by Crippen LogP contribution is 2.38. The minimum atomic E-state index is -1.01. The van der Waals surface area contributed by atoms with E-state index in [1.165, 1.54) is 10.5 Å². The Morgan fingerprint density at radius 3 is 2.06 bits per heavy atom. The molecule has 0 aromatic heterocycles. The number of anilines is 1. The van der Waals surface area contributed by atoms with Crippen molar-refractivity contribution in [1.29, 1.82) is 0 Å². The summed E-state index contributed by atoms with van der Waals surface area (Å²) in [6.45, 7) is 1.70. The fourth-order valence-corrected chi connectivity index (χ4v) is 5.37. The van der Waals surface area contributed by atoms with Crippen LogP contribution in [0.5, 0.6) is 0 Å². The molecule has 4 aromatic carbocycles. The van der Waals surface area contributed by atoms with Gasteiger partial charge in [-0.15, -0.1) is 11.8 Å². The molecule has 0 amide bonds. The fraction of sp³-hybridized carbons (Fsp3) is 0.133. The Labute approximate surface area is 210 Å². The summed E-state index contributed by atoms with van der Waals surface area (Å²) in [5, 5.41) is 10.2. The number of nitrogens with zero attached hydrogens (tertiary/aromatic N) is 2. The van der Waals surface area contributed by atoms with Gasteiger partial charge in [0.25, 0.3) is 0 Å². The van der Waals surface area contributed by atoms with E-state index in [1.807, 2.05) is 96.7 Å². The fourth-order valence-electron chi connectivity index (χ4n) is 4.34. The number of thioether (sulfide) groups is 1. The first-order valence-corrected chi connectivity index (χ1v) is 12.6. The average Bonchev–Trinajstić information content (AvgIpc) is 2.91. The second-order valence-corrected chi connectivity index (χ2v) is 9.57. The van der Waals surface area contributed by atoms with E-state index in [0.717, 1.165) is 35.7 Å². The zero-order valence-corrected chi connectivity index (χ0v) is 20.1. The molecule has 0 saturated carbocycles. The molecule has 1 aliphatic heterocycles. The van der Waals surface area contributed by atoms with Gasteiger partial charge in [0.2, 0.25) is 0 Å². The SMILES string of the molecule is O=C(O)C(N=C(c1ccccc1)c1ccccc1)c1ccc2c(c1)N(Cc1ccccc1)CCS2. The van der Waals surface area contributed by atoms with E-state index in [2.05, 4.69) is 29.2 Å². The highest BCUT2D eigenvalue weighted by molar-refractivity contribution is 7.99. The second kappa shape index (κ2) is 10.6. The molecule has 4 nitrogen and oxygen atoms in total. The zero-order valence-electron chi connectivity index (χ0n) is 19.2. The van der Waals surface area contributed by atoms with Crippen molar-refractivity contribution in [3.8, 4) is 0 Å². The van der Waals surface area contributed by atoms with Gasteiger partial charge >= 0.3 is 5.97 Å². The van der Waals surface area contributed by atoms with Gasteiger partial charge in [-0.2, -0.15) is 0 Å². The van der Waals surface area contributed by atoms with Crippen LogP contribution in [0.15, 0.2) is 119 Å². The third-order valence-corrected chi connectivity index (χ3v) is 7.10. The van der Waals surface area contributed by atoms with Gasteiger partial charge in [-0.3, -0.25) is 4.99 Å². The number of fused-ring (bicyclic) bond motifs is 1. The van der Waals surface area contributed by atoms with Crippen molar-refractivity contribution in [2.75, 3.05) is 17.2 Å². The maximum Gasteiger partial charge on any atom is 0.333 e. The largest absolute Gasteiger partial charge is 0.479 e. The normalized spacial score (nSPS) is 13.5. The second-order valence-electron chi connectivity index (χ2n) is 8.43. The number of hydrogen-bond donors (Lipinski definition) is 1. The molecule has 1 N–H and O–H groups in total. The van der Waals surface area contributed by atoms with Crippen molar-refractivity contribution in [3.63, 3.8) is 0 Å². The van der Waals surface area contributed by atoms with Gasteiger partial charge in [0.15, 0.2) is 6.04 Å². The molecule has 4 aromatic rings. The molecular weight excluding hydrogens is 452 g/mol. The van der Waals surface area contributed by atoms with Gasteiger partial charge in [0.1, 0.15) is 0 Å². The summed E-state index contributed by atoms with van der Waals surface area (Å²) in [5.41, 5.74) is 5.45. The van der Waals surface area contributed by atoms with Gasteiger partial charge < -0.3 is 10.0 Å². The van der Waals surface area contributed by atoms with Crippen molar-refractivity contribution in [2.24, 2.45) is 4.99 Å². The quantitative estimate of drug-likeness (QED) is 0.310. The molecule has 174 valence electrons. The molecule has 5 rings (SSSR count). The van der Waals surface area contributed by atoms with Gasteiger partial charge in [0, 0.05) is 34.9 Å². The molecule has 1 atom stereocenters. The first-order chi connectivity index (χ1) is 17.2. The standard InChI is InChI=1S/C30H26N2O2S/c33-30(34)29(31-28(23-12-6-2-7-13-23)24-14-8-3-9-15-24)25-16-17-27-26(20-25)32(18-19-35-27)21-22-10-4-1-5-11-22/h1-17,20,29H,18-19,21H2,(H,33,34). The molecule has 0 spiro atoms. The Kier molecular flexibility index (Phi) is 6.96. The number of carbonyl (C=O) groups is 1. The molecule has 0 fully saturated rings. The molecule has 1 unspecified atom stereocenters. The Bertz CT molecular complexity index is 1280. The van der Waals surface area contributed by atoms with E-state index in [4.69, 9.17) is 4.99 Å². The van der Waals surface area contributed by atoms with Crippen LogP contribution in [0, 0.1) is 0 Å². The van der Waals surface area contributed by atoms with Crippen molar-refractivity contribution in [1.82, 2.24) is 0 Å². The lowest BCUT2D eigenvalue weighted by molar-refractivity contribution is -0.138. The summed E-state index contributed by atoms with van der Waals surface area (Å²) < 4.78 is 0. The summed E-state index contributed by atoms with van der Waals surface area (Å²) in [5.74, 6) is 0.0404. The number of benzene rings is 4. The van der Waals surface area contributed by atoms with E-state index in [-0.39, 0.29) is 0 Å². The molecule has 0 aliphatic carbocycles. The molecule has 35 heavy (non-hydrogen) atoms. The van der Waals surface area contributed by atoms with E-state index in [1.54, 1.807) is 0 Å². The third kappa shape index (κ3) is 5.31. The number of aliphatic imine (C=N–C) groups is 1. The molecule has 1 heterocycles. The van der Waals surface area contributed by atoms with Crippen LogP contribution in [0.4, 0.5) is 5.69 Å². The van der Waals surface area contributed by atoms with Gasteiger partial charge in [0.05, 0.1) is 11.4 Å². The Morgan fingerprint density at radius 1 is 0.857 bits per heavy atom. The minimum Gasteiger partial charge on any atom is -0.479 e. The molecule has 5 heteroatoms. The number of rotatable bonds is 7. The van der Waals surface area contributed by atoms with E-state index < -0.39 is 12.0 Å². The van der Waals surface area contributed by atoms with Crippen LogP contribution >= 0.6 is 11.8 Å². The lowest BCUT2D eigenvalue weighted by Crippen LogP contribution is -2.29. The van der Waals surface area contributed by atoms with Gasteiger partial charge in [-0.25, -0.2) is 4.79 Å². The summed E-state index contributed by atoms with van der Waals surface area (Å²) in [6, 6.07) is 34.9. The van der Waals surface area contributed by atoms with E-state index in [0.29, 0.717) is 11.3 Å². The minimum absolute atomic E-state index is 0.673. The summed E-state index contributed by atoms with van der Waals surface area (Å²) in [6.07, 6.45) is 0. The van der Waals surface area contributed by atoms with Crippen molar-refractivity contribution >= 4 is 29.1 Å². The molecule has 1 aliphatic rings. The Morgan fingerprint density at radius 2 is 1.46 bits per heavy atom. The van der Waals surface area contributed by atoms with Crippen LogP contribution in [0.2, 0.25) is 0 Å². The van der Waals surface area contributed by atoms with E-state index >= 15 is 0 Å². The molecule has 0 radical (unpaired) electrons. The monoisotopic (exact) mass is 478 g/mol. The molecule has 0 saturated heterocycles.